The third-order valence-corrected chi connectivity index (χ3v) is 4.22. The number of nitrogens with zero attached hydrogens (tertiary/aromatic N) is 4. The minimum atomic E-state index is -1.17. The number of amides is 1. The van der Waals surface area contributed by atoms with Gasteiger partial charge in [-0.25, -0.2) is 19.4 Å². The first kappa shape index (κ1) is 21.1. The van der Waals surface area contributed by atoms with Crippen molar-refractivity contribution in [3.05, 3.63) is 47.9 Å². The summed E-state index contributed by atoms with van der Waals surface area (Å²) >= 11 is 0. The van der Waals surface area contributed by atoms with Crippen molar-refractivity contribution in [1.29, 1.82) is 0 Å². The lowest BCUT2D eigenvalue weighted by atomic mass is 10.1. The molecular weight excluding hydrogens is 388 g/mol. The summed E-state index contributed by atoms with van der Waals surface area (Å²) in [5, 5.41) is 15.5. The number of ether oxygens (including phenoxy) is 2. The third-order valence-electron chi connectivity index (χ3n) is 4.22. The minimum Gasteiger partial charge on any atom is -0.494 e. The first-order valence-corrected chi connectivity index (χ1v) is 9.29. The number of carbonyl (C=O) groups is 1. The Hall–Kier alpha value is -3.66. The molecule has 3 aromatic rings. The molecule has 0 spiro atoms. The van der Waals surface area contributed by atoms with Crippen molar-refractivity contribution in [2.45, 2.75) is 33.1 Å². The third kappa shape index (κ3) is 5.03. The number of nitrogens with one attached hydrogen (secondary N) is 1. The van der Waals surface area contributed by atoms with Gasteiger partial charge in [0.15, 0.2) is 11.6 Å². The summed E-state index contributed by atoms with van der Waals surface area (Å²) < 4.78 is 13.0. The summed E-state index contributed by atoms with van der Waals surface area (Å²) in [4.78, 5) is 19.3. The molecule has 10 heteroatoms. The summed E-state index contributed by atoms with van der Waals surface area (Å²) in [5.74, 6) is 1.27. The van der Waals surface area contributed by atoms with Gasteiger partial charge in [-0.1, -0.05) is 6.07 Å². The second kappa shape index (κ2) is 9.23. The smallest absolute Gasteiger partial charge is 0.410 e. The van der Waals surface area contributed by atoms with Crippen LogP contribution in [-0.2, 0) is 18.0 Å². The Morgan fingerprint density at radius 1 is 1.30 bits per heavy atom. The topological polar surface area (TPSA) is 137 Å². The molecule has 3 rings (SSSR count). The van der Waals surface area contributed by atoms with Gasteiger partial charge in [-0.05, 0) is 43.7 Å². The Morgan fingerprint density at radius 2 is 2.10 bits per heavy atom. The number of rotatable bonds is 8. The molecule has 0 fully saturated rings. The van der Waals surface area contributed by atoms with Crippen molar-refractivity contribution in [2.24, 2.45) is 0 Å². The fraction of sp³-hybridized carbons (Fsp3) is 0.300. The zero-order chi connectivity index (χ0) is 21.7. The van der Waals surface area contributed by atoms with Crippen LogP contribution in [0, 0.1) is 0 Å². The van der Waals surface area contributed by atoms with E-state index in [1.54, 1.807) is 42.4 Å². The van der Waals surface area contributed by atoms with Gasteiger partial charge in [0.1, 0.15) is 12.1 Å². The van der Waals surface area contributed by atoms with Gasteiger partial charge < -0.3 is 20.3 Å². The average Bonchev–Trinajstić information content (AvgIpc) is 3.18. The number of methoxy groups -OCH3 is 1. The summed E-state index contributed by atoms with van der Waals surface area (Å²) in [5.41, 5.74) is 8.73. The van der Waals surface area contributed by atoms with E-state index < -0.39 is 6.09 Å². The quantitative estimate of drug-likeness (QED) is 0.479. The van der Waals surface area contributed by atoms with Gasteiger partial charge in [0.25, 0.3) is 0 Å². The zero-order valence-corrected chi connectivity index (χ0v) is 17.0. The number of hydrogen-bond acceptors (Lipinski definition) is 7. The van der Waals surface area contributed by atoms with Crippen molar-refractivity contribution in [2.75, 3.05) is 18.2 Å². The van der Waals surface area contributed by atoms with Crippen molar-refractivity contribution in [3.63, 3.8) is 0 Å². The normalized spacial score (nSPS) is 10.9. The number of benzene rings is 1. The van der Waals surface area contributed by atoms with E-state index >= 15 is 0 Å². The average molecular weight is 412 g/mol. The number of hydrogen-bond donors (Lipinski definition) is 3. The lowest BCUT2D eigenvalue weighted by Crippen LogP contribution is -2.09. The molecule has 0 aliphatic carbocycles. The molecule has 4 N–H and O–H groups in total. The fourth-order valence-corrected chi connectivity index (χ4v) is 2.85. The maximum Gasteiger partial charge on any atom is 0.410 e. The Morgan fingerprint density at radius 3 is 2.77 bits per heavy atom. The Bertz CT molecular complexity index is 1030. The van der Waals surface area contributed by atoms with E-state index in [4.69, 9.17) is 20.3 Å². The molecule has 0 saturated heterocycles. The largest absolute Gasteiger partial charge is 0.494 e. The molecule has 158 valence electrons. The SMILES string of the molecule is COc1c(N)cc(COCc2cccc(NC(=O)O)n2)cc1-c1ncn(C(C)C)n1. The maximum absolute atomic E-state index is 10.7. The summed E-state index contributed by atoms with van der Waals surface area (Å²) in [6.45, 7) is 4.51. The Balaban J connectivity index is 1.75. The highest BCUT2D eigenvalue weighted by atomic mass is 16.5. The number of aromatic nitrogens is 4. The number of carboxylic acid groups (broad SMARTS) is 1. The highest BCUT2D eigenvalue weighted by Gasteiger charge is 2.16. The zero-order valence-electron chi connectivity index (χ0n) is 17.0. The Kier molecular flexibility index (Phi) is 6.48. The van der Waals surface area contributed by atoms with Crippen LogP contribution in [0.1, 0.15) is 31.1 Å². The van der Waals surface area contributed by atoms with E-state index in [0.717, 1.165) is 5.56 Å². The van der Waals surface area contributed by atoms with Crippen molar-refractivity contribution < 1.29 is 19.4 Å². The molecule has 0 aliphatic heterocycles. The van der Waals surface area contributed by atoms with E-state index in [1.165, 1.54) is 0 Å². The van der Waals surface area contributed by atoms with Crippen LogP contribution in [0.3, 0.4) is 0 Å². The molecule has 0 aliphatic rings. The van der Waals surface area contributed by atoms with Crippen LogP contribution in [0.4, 0.5) is 16.3 Å². The molecule has 0 atom stereocenters. The summed E-state index contributed by atoms with van der Waals surface area (Å²) in [6.07, 6.45) is 0.498. The van der Waals surface area contributed by atoms with Crippen molar-refractivity contribution in [1.82, 2.24) is 19.7 Å². The van der Waals surface area contributed by atoms with E-state index in [1.807, 2.05) is 19.9 Å². The van der Waals surface area contributed by atoms with Gasteiger partial charge in [0.2, 0.25) is 0 Å². The predicted octanol–water partition coefficient (Wildman–Crippen LogP) is 3.32. The summed E-state index contributed by atoms with van der Waals surface area (Å²) in [7, 11) is 1.55. The predicted molar refractivity (Wildman–Crippen MR) is 111 cm³/mol. The van der Waals surface area contributed by atoms with Crippen molar-refractivity contribution in [3.8, 4) is 17.1 Å². The van der Waals surface area contributed by atoms with E-state index in [9.17, 15) is 4.79 Å². The summed E-state index contributed by atoms with van der Waals surface area (Å²) in [6, 6.07) is 8.86. The van der Waals surface area contributed by atoms with Crippen LogP contribution < -0.4 is 15.8 Å². The minimum absolute atomic E-state index is 0.181. The van der Waals surface area contributed by atoms with Crippen LogP contribution in [0.25, 0.3) is 11.4 Å². The van der Waals surface area contributed by atoms with Gasteiger partial charge in [0, 0.05) is 6.04 Å². The number of anilines is 2. The van der Waals surface area contributed by atoms with E-state index in [-0.39, 0.29) is 25.1 Å². The number of nitrogen functional groups attached to an aromatic ring is 1. The number of nitrogens with two attached hydrogens (primary N) is 1. The molecular formula is C20H24N6O4. The van der Waals surface area contributed by atoms with E-state index in [0.29, 0.717) is 28.5 Å². The van der Waals surface area contributed by atoms with Gasteiger partial charge in [-0.2, -0.15) is 5.10 Å². The molecule has 0 saturated carbocycles. The highest BCUT2D eigenvalue weighted by molar-refractivity contribution is 5.81. The molecule has 2 aromatic heterocycles. The standard InChI is InChI=1S/C20H24N6O4/c1-12(2)26-11-22-19(25-26)15-7-13(8-16(21)18(15)29-3)9-30-10-14-5-4-6-17(23-14)24-20(27)28/h4-8,11-12H,9-10,21H2,1-3H3,(H,23,24)(H,27,28). The second-order valence-electron chi connectivity index (χ2n) is 6.84. The van der Waals surface area contributed by atoms with Crippen LogP contribution in [0.5, 0.6) is 5.75 Å². The fourth-order valence-electron chi connectivity index (χ4n) is 2.85. The highest BCUT2D eigenvalue weighted by Crippen LogP contribution is 2.35. The van der Waals surface area contributed by atoms with Gasteiger partial charge in [0.05, 0.1) is 37.3 Å². The molecule has 1 aromatic carbocycles. The van der Waals surface area contributed by atoms with Crippen LogP contribution in [0.2, 0.25) is 0 Å². The van der Waals surface area contributed by atoms with Crippen LogP contribution >= 0.6 is 0 Å². The van der Waals surface area contributed by atoms with Gasteiger partial charge in [-0.3, -0.25) is 5.32 Å². The lowest BCUT2D eigenvalue weighted by Gasteiger charge is -2.12. The molecule has 1 amide bonds. The van der Waals surface area contributed by atoms with Crippen LogP contribution in [-0.4, -0.2) is 38.1 Å². The number of pyridine rings is 1. The maximum atomic E-state index is 10.7. The van der Waals surface area contributed by atoms with Gasteiger partial charge >= 0.3 is 6.09 Å². The molecule has 0 bridgehead atoms. The molecule has 30 heavy (non-hydrogen) atoms. The first-order valence-electron chi connectivity index (χ1n) is 9.29. The van der Waals surface area contributed by atoms with E-state index in [2.05, 4.69) is 20.4 Å². The molecule has 0 unspecified atom stereocenters. The lowest BCUT2D eigenvalue weighted by molar-refractivity contribution is 0.104. The first-order chi connectivity index (χ1) is 14.4. The van der Waals surface area contributed by atoms with Crippen molar-refractivity contribution >= 4 is 17.6 Å². The Labute approximate surface area is 173 Å². The molecule has 10 nitrogen and oxygen atoms in total. The van der Waals surface area contributed by atoms with Gasteiger partial charge in [-0.15, -0.1) is 0 Å². The second-order valence-corrected chi connectivity index (χ2v) is 6.84. The molecule has 0 radical (unpaired) electrons. The monoisotopic (exact) mass is 412 g/mol. The van der Waals surface area contributed by atoms with Crippen LogP contribution in [0.15, 0.2) is 36.7 Å². The molecule has 2 heterocycles.